The van der Waals surface area contributed by atoms with E-state index >= 15 is 0 Å². The summed E-state index contributed by atoms with van der Waals surface area (Å²) in [6.07, 6.45) is -0.492. The number of urea groups is 1. The summed E-state index contributed by atoms with van der Waals surface area (Å²) in [5.41, 5.74) is 4.13. The standard InChI is InChI=1S/C30H32N8O4/c1-34-19-27(40)37-25(15-20-11-13-23(39)14-12-20)29(41)36(17-22-9-6-10-24-28(22)35(2)33-32-24)18-26(37)38(34)30(42)31-16-21-7-4-3-5-8-21/h3-14,25-26,39H,15-19H2,1-2H3,(H,31,42)/t25-,26-/m0/s1. The lowest BCUT2D eigenvalue weighted by Gasteiger charge is -2.54. The van der Waals surface area contributed by atoms with Crippen LogP contribution in [0.25, 0.3) is 11.0 Å². The van der Waals surface area contributed by atoms with Gasteiger partial charge < -0.3 is 20.2 Å². The van der Waals surface area contributed by atoms with E-state index in [1.54, 1.807) is 62.9 Å². The lowest BCUT2D eigenvalue weighted by molar-refractivity contribution is -0.187. The van der Waals surface area contributed by atoms with Crippen molar-refractivity contribution in [3.8, 4) is 5.75 Å². The molecule has 3 aromatic carbocycles. The van der Waals surface area contributed by atoms with Crippen LogP contribution < -0.4 is 5.32 Å². The molecule has 0 aliphatic carbocycles. The summed E-state index contributed by atoms with van der Waals surface area (Å²) < 4.78 is 1.68. The third-order valence-electron chi connectivity index (χ3n) is 7.87. The molecule has 0 unspecified atom stereocenters. The average Bonchev–Trinajstić information content (AvgIpc) is 3.37. The second-order valence-electron chi connectivity index (χ2n) is 10.7. The smallest absolute Gasteiger partial charge is 0.334 e. The van der Waals surface area contributed by atoms with Crippen LogP contribution in [0, 0.1) is 0 Å². The number of carbonyl (C=O) groups is 3. The number of aryl methyl sites for hydroxylation is 1. The van der Waals surface area contributed by atoms with Gasteiger partial charge >= 0.3 is 6.03 Å². The number of fused-ring (bicyclic) bond motifs is 2. The Morgan fingerprint density at radius 2 is 1.74 bits per heavy atom. The Hall–Kier alpha value is -4.97. The molecule has 6 rings (SSSR count). The molecule has 12 heteroatoms. The Kier molecular flexibility index (Phi) is 7.21. The number of phenols is 1. The van der Waals surface area contributed by atoms with Crippen molar-refractivity contribution >= 4 is 28.9 Å². The highest BCUT2D eigenvalue weighted by Crippen LogP contribution is 2.30. The van der Waals surface area contributed by atoms with Gasteiger partial charge in [-0.3, -0.25) is 9.59 Å². The van der Waals surface area contributed by atoms with Crippen LogP contribution in [0.3, 0.4) is 0 Å². The second kappa shape index (κ2) is 11.1. The lowest BCUT2D eigenvalue weighted by atomic mass is 9.98. The molecule has 1 aromatic heterocycles. The first-order chi connectivity index (χ1) is 20.3. The number of hydrazine groups is 1. The molecule has 216 valence electrons. The highest BCUT2D eigenvalue weighted by molar-refractivity contribution is 5.92. The molecule has 2 N–H and O–H groups in total. The first-order valence-corrected chi connectivity index (χ1v) is 13.8. The van der Waals surface area contributed by atoms with Crippen molar-refractivity contribution < 1.29 is 19.5 Å². The highest BCUT2D eigenvalue weighted by atomic mass is 16.3. The zero-order valence-corrected chi connectivity index (χ0v) is 23.4. The Morgan fingerprint density at radius 3 is 2.50 bits per heavy atom. The Bertz CT molecular complexity index is 1620. The van der Waals surface area contributed by atoms with E-state index in [0.717, 1.165) is 27.7 Å². The number of likely N-dealkylation sites (N-methyl/N-ethyl adjacent to an activating group) is 1. The van der Waals surface area contributed by atoms with Crippen molar-refractivity contribution in [1.82, 2.24) is 40.1 Å². The van der Waals surface area contributed by atoms with E-state index in [-0.39, 0.29) is 49.7 Å². The highest BCUT2D eigenvalue weighted by Gasteiger charge is 2.50. The maximum atomic E-state index is 14.1. The van der Waals surface area contributed by atoms with Gasteiger partial charge in [0, 0.05) is 33.6 Å². The first-order valence-electron chi connectivity index (χ1n) is 13.8. The number of piperazine rings is 1. The van der Waals surface area contributed by atoms with Crippen LogP contribution in [-0.2, 0) is 36.1 Å². The zero-order chi connectivity index (χ0) is 29.4. The van der Waals surface area contributed by atoms with Gasteiger partial charge in [-0.25, -0.2) is 19.5 Å². The molecule has 2 aliphatic heterocycles. The molecule has 0 spiro atoms. The van der Waals surface area contributed by atoms with Crippen LogP contribution >= 0.6 is 0 Å². The van der Waals surface area contributed by atoms with Crippen LogP contribution in [0.1, 0.15) is 16.7 Å². The summed E-state index contributed by atoms with van der Waals surface area (Å²) in [4.78, 5) is 44.6. The molecule has 0 radical (unpaired) electrons. The van der Waals surface area contributed by atoms with Crippen molar-refractivity contribution in [2.75, 3.05) is 20.1 Å². The number of amides is 4. The number of benzene rings is 3. The van der Waals surface area contributed by atoms with Gasteiger partial charge in [-0.15, -0.1) is 5.10 Å². The average molecular weight is 569 g/mol. The minimum Gasteiger partial charge on any atom is -0.508 e. The third kappa shape index (κ3) is 5.12. The van der Waals surface area contributed by atoms with Gasteiger partial charge in [-0.1, -0.05) is 59.8 Å². The van der Waals surface area contributed by atoms with E-state index in [4.69, 9.17) is 0 Å². The fourth-order valence-corrected chi connectivity index (χ4v) is 5.88. The summed E-state index contributed by atoms with van der Waals surface area (Å²) >= 11 is 0. The minimum atomic E-state index is -0.845. The van der Waals surface area contributed by atoms with E-state index in [0.29, 0.717) is 6.54 Å². The largest absolute Gasteiger partial charge is 0.508 e. The number of para-hydroxylation sites is 1. The van der Waals surface area contributed by atoms with E-state index in [9.17, 15) is 19.5 Å². The van der Waals surface area contributed by atoms with Crippen LogP contribution in [-0.4, -0.2) is 90.1 Å². The minimum absolute atomic E-state index is 0.0470. The summed E-state index contributed by atoms with van der Waals surface area (Å²) in [5, 5.41) is 24.3. The van der Waals surface area contributed by atoms with E-state index in [1.807, 2.05) is 48.5 Å². The van der Waals surface area contributed by atoms with Gasteiger partial charge in [-0.05, 0) is 34.9 Å². The molecule has 2 aliphatic rings. The molecule has 2 fully saturated rings. The van der Waals surface area contributed by atoms with Gasteiger partial charge in [-0.2, -0.15) is 0 Å². The van der Waals surface area contributed by atoms with Gasteiger partial charge in [0.2, 0.25) is 11.8 Å². The van der Waals surface area contributed by atoms with Crippen molar-refractivity contribution in [2.24, 2.45) is 7.05 Å². The molecular weight excluding hydrogens is 536 g/mol. The normalized spacial score (nSPS) is 19.3. The van der Waals surface area contributed by atoms with Crippen LogP contribution in [0.5, 0.6) is 5.75 Å². The molecule has 12 nitrogen and oxygen atoms in total. The molecule has 4 aromatic rings. The molecule has 42 heavy (non-hydrogen) atoms. The molecule has 3 heterocycles. The second-order valence-corrected chi connectivity index (χ2v) is 10.7. The van der Waals surface area contributed by atoms with E-state index in [2.05, 4.69) is 15.6 Å². The SMILES string of the molecule is CN1CC(=O)N2[C@@H](Cc3ccc(O)cc3)C(=O)N(Cc3cccc4nnn(C)c34)C[C@@H]2N1C(=O)NCc1ccccc1. The number of hydrogen-bond donors (Lipinski definition) is 2. The summed E-state index contributed by atoms with van der Waals surface area (Å²) in [6.45, 7) is 0.654. The Labute approximate surface area is 242 Å². The van der Waals surface area contributed by atoms with Crippen molar-refractivity contribution in [3.63, 3.8) is 0 Å². The van der Waals surface area contributed by atoms with E-state index < -0.39 is 12.2 Å². The van der Waals surface area contributed by atoms with Gasteiger partial charge in [0.25, 0.3) is 0 Å². The van der Waals surface area contributed by atoms with Crippen LogP contribution in [0.15, 0.2) is 72.8 Å². The monoisotopic (exact) mass is 568 g/mol. The predicted molar refractivity (Wildman–Crippen MR) is 153 cm³/mol. The molecule has 2 saturated heterocycles. The topological polar surface area (TPSA) is 127 Å². The number of carbonyl (C=O) groups excluding carboxylic acids is 3. The van der Waals surface area contributed by atoms with Crippen LogP contribution in [0.2, 0.25) is 0 Å². The number of aromatic hydroxyl groups is 1. The van der Waals surface area contributed by atoms with Gasteiger partial charge in [0.1, 0.15) is 23.5 Å². The van der Waals surface area contributed by atoms with Crippen LogP contribution in [0.4, 0.5) is 4.79 Å². The van der Waals surface area contributed by atoms with E-state index in [1.165, 1.54) is 0 Å². The first kappa shape index (κ1) is 27.2. The maximum Gasteiger partial charge on any atom is 0.334 e. The van der Waals surface area contributed by atoms with Crippen molar-refractivity contribution in [1.29, 1.82) is 0 Å². The number of nitrogens with zero attached hydrogens (tertiary/aromatic N) is 7. The third-order valence-corrected chi connectivity index (χ3v) is 7.87. The fourth-order valence-electron chi connectivity index (χ4n) is 5.88. The van der Waals surface area contributed by atoms with Gasteiger partial charge in [0.05, 0.1) is 18.6 Å². The van der Waals surface area contributed by atoms with Crippen molar-refractivity contribution in [2.45, 2.75) is 31.7 Å². The summed E-state index contributed by atoms with van der Waals surface area (Å²) in [6, 6.07) is 20.7. The van der Waals surface area contributed by atoms with Crippen molar-refractivity contribution in [3.05, 3.63) is 89.5 Å². The predicted octanol–water partition coefficient (Wildman–Crippen LogP) is 1.85. The molecule has 4 amide bonds. The zero-order valence-electron chi connectivity index (χ0n) is 23.4. The molecular formula is C30H32N8O4. The number of phenolic OH excluding ortho intramolecular Hbond substituents is 1. The maximum absolute atomic E-state index is 14.1. The lowest BCUT2D eigenvalue weighted by Crippen LogP contribution is -2.76. The number of aromatic nitrogens is 3. The summed E-state index contributed by atoms with van der Waals surface area (Å²) in [7, 11) is 3.51. The quantitative estimate of drug-likeness (QED) is 0.364. The molecule has 2 atom stereocenters. The molecule has 0 saturated carbocycles. The number of rotatable bonds is 6. The Balaban J connectivity index is 1.35. The summed E-state index contributed by atoms with van der Waals surface area (Å²) in [5.74, 6) is -0.332. The fraction of sp³-hybridized carbons (Fsp3) is 0.300. The number of nitrogens with one attached hydrogen (secondary N) is 1. The van der Waals surface area contributed by atoms with Gasteiger partial charge in [0.15, 0.2) is 0 Å². The molecule has 0 bridgehead atoms. The number of hydrogen-bond acceptors (Lipinski definition) is 7. The Morgan fingerprint density at radius 1 is 0.976 bits per heavy atom.